The molecule has 0 saturated heterocycles. The maximum Gasteiger partial charge on any atom is 0.242 e. The van der Waals surface area contributed by atoms with E-state index in [1.807, 2.05) is 0 Å². The maximum atomic E-state index is 13.3. The first kappa shape index (κ1) is 16.2. The van der Waals surface area contributed by atoms with Crippen LogP contribution in [-0.2, 0) is 14.8 Å². The molecule has 1 aromatic carbocycles. The van der Waals surface area contributed by atoms with E-state index in [4.69, 9.17) is 10.5 Å². The SMILES string of the molecule is Nc1c(F)cccc1S(=O)(=O)NCCOC1CCCCC1. The van der Waals surface area contributed by atoms with Gasteiger partial charge in [-0.25, -0.2) is 17.5 Å². The molecule has 3 N–H and O–H groups in total. The van der Waals surface area contributed by atoms with Crippen LogP contribution in [-0.4, -0.2) is 27.7 Å². The van der Waals surface area contributed by atoms with Crippen molar-refractivity contribution < 1.29 is 17.5 Å². The summed E-state index contributed by atoms with van der Waals surface area (Å²) in [5.74, 6) is -0.740. The lowest BCUT2D eigenvalue weighted by molar-refractivity contribution is 0.0321. The number of ether oxygens (including phenoxy) is 1. The second kappa shape index (κ2) is 7.20. The third-order valence-electron chi connectivity index (χ3n) is 3.60. The van der Waals surface area contributed by atoms with Crippen LogP contribution >= 0.6 is 0 Å². The second-order valence-corrected chi connectivity index (χ2v) is 6.92. The van der Waals surface area contributed by atoms with E-state index < -0.39 is 15.8 Å². The van der Waals surface area contributed by atoms with Gasteiger partial charge in [0, 0.05) is 6.54 Å². The Labute approximate surface area is 124 Å². The van der Waals surface area contributed by atoms with Crippen LogP contribution in [0.4, 0.5) is 10.1 Å². The highest BCUT2D eigenvalue weighted by Crippen LogP contribution is 2.21. The summed E-state index contributed by atoms with van der Waals surface area (Å²) in [6.07, 6.45) is 5.85. The van der Waals surface area contributed by atoms with Gasteiger partial charge in [-0.2, -0.15) is 0 Å². The highest BCUT2D eigenvalue weighted by Gasteiger charge is 2.19. The van der Waals surface area contributed by atoms with Crippen LogP contribution in [0, 0.1) is 5.82 Å². The van der Waals surface area contributed by atoms with E-state index in [-0.39, 0.29) is 23.2 Å². The predicted octanol–water partition coefficient (Wildman–Crippen LogP) is 2.04. The number of para-hydroxylation sites is 1. The van der Waals surface area contributed by atoms with E-state index in [1.54, 1.807) is 0 Å². The molecular formula is C14H21FN2O3S. The number of benzene rings is 1. The van der Waals surface area contributed by atoms with Crippen molar-refractivity contribution in [1.82, 2.24) is 4.72 Å². The van der Waals surface area contributed by atoms with Crippen LogP contribution in [0.5, 0.6) is 0 Å². The molecule has 7 heteroatoms. The lowest BCUT2D eigenvalue weighted by Crippen LogP contribution is -2.30. The quantitative estimate of drug-likeness (QED) is 0.621. The minimum Gasteiger partial charge on any atom is -0.395 e. The Hall–Kier alpha value is -1.18. The molecule has 0 unspecified atom stereocenters. The van der Waals surface area contributed by atoms with Gasteiger partial charge in [0.05, 0.1) is 18.4 Å². The van der Waals surface area contributed by atoms with Crippen molar-refractivity contribution in [2.24, 2.45) is 0 Å². The molecule has 0 bridgehead atoms. The molecule has 0 heterocycles. The first-order valence-corrected chi connectivity index (χ1v) is 8.64. The molecule has 1 saturated carbocycles. The predicted molar refractivity (Wildman–Crippen MR) is 78.8 cm³/mol. The molecule has 0 atom stereocenters. The zero-order valence-electron chi connectivity index (χ0n) is 11.8. The summed E-state index contributed by atoms with van der Waals surface area (Å²) in [6, 6.07) is 3.72. The second-order valence-electron chi connectivity index (χ2n) is 5.18. The first-order valence-electron chi connectivity index (χ1n) is 7.16. The molecule has 5 nitrogen and oxygen atoms in total. The fraction of sp³-hybridized carbons (Fsp3) is 0.571. The number of sulfonamides is 1. The van der Waals surface area contributed by atoms with Crippen LogP contribution in [0.2, 0.25) is 0 Å². The Bertz CT molecular complexity index is 572. The third-order valence-corrected chi connectivity index (χ3v) is 5.12. The van der Waals surface area contributed by atoms with Crippen molar-refractivity contribution in [1.29, 1.82) is 0 Å². The summed E-state index contributed by atoms with van der Waals surface area (Å²) in [6.45, 7) is 0.452. The van der Waals surface area contributed by atoms with Crippen LogP contribution in [0.15, 0.2) is 23.1 Å². The van der Waals surface area contributed by atoms with E-state index in [1.165, 1.54) is 18.6 Å². The average Bonchev–Trinajstić information content (AvgIpc) is 2.47. The van der Waals surface area contributed by atoms with Crippen molar-refractivity contribution in [3.63, 3.8) is 0 Å². The molecular weight excluding hydrogens is 295 g/mol. The summed E-state index contributed by atoms with van der Waals surface area (Å²) < 4.78 is 45.4. The summed E-state index contributed by atoms with van der Waals surface area (Å²) in [5, 5.41) is 0. The summed E-state index contributed by atoms with van der Waals surface area (Å²) >= 11 is 0. The molecule has 1 aliphatic rings. The van der Waals surface area contributed by atoms with Crippen LogP contribution in [0.1, 0.15) is 32.1 Å². The number of nitrogens with two attached hydrogens (primary N) is 1. The Morgan fingerprint density at radius 2 is 2.00 bits per heavy atom. The fourth-order valence-electron chi connectivity index (χ4n) is 2.46. The van der Waals surface area contributed by atoms with E-state index in [9.17, 15) is 12.8 Å². The summed E-state index contributed by atoms with van der Waals surface area (Å²) in [4.78, 5) is -0.236. The third kappa shape index (κ3) is 4.39. The van der Waals surface area contributed by atoms with Crippen molar-refractivity contribution >= 4 is 15.7 Å². The molecule has 0 spiro atoms. The van der Waals surface area contributed by atoms with Gasteiger partial charge in [-0.3, -0.25) is 0 Å². The molecule has 2 rings (SSSR count). The van der Waals surface area contributed by atoms with E-state index in [0.29, 0.717) is 6.61 Å². The van der Waals surface area contributed by atoms with Gasteiger partial charge in [-0.1, -0.05) is 25.3 Å². The molecule has 21 heavy (non-hydrogen) atoms. The van der Waals surface area contributed by atoms with Crippen molar-refractivity contribution in [2.45, 2.75) is 43.1 Å². The van der Waals surface area contributed by atoms with E-state index >= 15 is 0 Å². The molecule has 0 aromatic heterocycles. The van der Waals surface area contributed by atoms with Gasteiger partial charge in [0.1, 0.15) is 10.7 Å². The number of hydrogen-bond donors (Lipinski definition) is 2. The van der Waals surface area contributed by atoms with Crippen LogP contribution in [0.25, 0.3) is 0 Å². The minimum atomic E-state index is -3.81. The van der Waals surface area contributed by atoms with Gasteiger partial charge in [0.25, 0.3) is 0 Å². The van der Waals surface area contributed by atoms with E-state index in [2.05, 4.69) is 4.72 Å². The van der Waals surface area contributed by atoms with Gasteiger partial charge in [0.15, 0.2) is 0 Å². The number of halogens is 1. The van der Waals surface area contributed by atoms with Crippen molar-refractivity contribution in [3.8, 4) is 0 Å². The number of hydrogen-bond acceptors (Lipinski definition) is 4. The Morgan fingerprint density at radius 1 is 1.29 bits per heavy atom. The van der Waals surface area contributed by atoms with Gasteiger partial charge >= 0.3 is 0 Å². The molecule has 1 fully saturated rings. The molecule has 0 amide bonds. The highest BCUT2D eigenvalue weighted by atomic mass is 32.2. The van der Waals surface area contributed by atoms with Gasteiger partial charge in [-0.15, -0.1) is 0 Å². The molecule has 0 aliphatic heterocycles. The fourth-order valence-corrected chi connectivity index (χ4v) is 3.62. The zero-order valence-corrected chi connectivity index (χ0v) is 12.7. The highest BCUT2D eigenvalue weighted by molar-refractivity contribution is 7.89. The van der Waals surface area contributed by atoms with Gasteiger partial charge in [0.2, 0.25) is 10.0 Å². The number of nitrogens with one attached hydrogen (secondary N) is 1. The lowest BCUT2D eigenvalue weighted by atomic mass is 9.98. The number of anilines is 1. The molecule has 0 radical (unpaired) electrons. The average molecular weight is 316 g/mol. The Balaban J connectivity index is 1.85. The normalized spacial score (nSPS) is 17.0. The van der Waals surface area contributed by atoms with Gasteiger partial charge < -0.3 is 10.5 Å². The number of rotatable bonds is 6. The smallest absolute Gasteiger partial charge is 0.242 e. The van der Waals surface area contributed by atoms with Crippen LogP contribution < -0.4 is 10.5 Å². The van der Waals surface area contributed by atoms with Gasteiger partial charge in [-0.05, 0) is 25.0 Å². The molecule has 1 aliphatic carbocycles. The lowest BCUT2D eigenvalue weighted by Gasteiger charge is -2.22. The maximum absolute atomic E-state index is 13.3. The minimum absolute atomic E-state index is 0.148. The van der Waals surface area contributed by atoms with Crippen molar-refractivity contribution in [2.75, 3.05) is 18.9 Å². The standard InChI is InChI=1S/C14H21FN2O3S/c15-12-7-4-8-13(14(12)16)21(18,19)17-9-10-20-11-5-2-1-3-6-11/h4,7-8,11,17H,1-3,5-6,9-10,16H2. The topological polar surface area (TPSA) is 81.4 Å². The number of nitrogen functional groups attached to an aromatic ring is 1. The van der Waals surface area contributed by atoms with Crippen molar-refractivity contribution in [3.05, 3.63) is 24.0 Å². The molecule has 1 aromatic rings. The van der Waals surface area contributed by atoms with Crippen LogP contribution in [0.3, 0.4) is 0 Å². The molecule has 118 valence electrons. The first-order chi connectivity index (χ1) is 10.0. The Morgan fingerprint density at radius 3 is 2.71 bits per heavy atom. The Kier molecular flexibility index (Phi) is 5.55. The summed E-state index contributed by atoms with van der Waals surface area (Å²) in [5.41, 5.74) is 5.10. The monoisotopic (exact) mass is 316 g/mol. The summed E-state index contributed by atoms with van der Waals surface area (Å²) in [7, 11) is -3.81. The van der Waals surface area contributed by atoms with E-state index in [0.717, 1.165) is 31.7 Å². The zero-order chi connectivity index (χ0) is 15.3. The largest absolute Gasteiger partial charge is 0.395 e.